The highest BCUT2D eigenvalue weighted by Crippen LogP contribution is 2.28. The third-order valence-electron chi connectivity index (χ3n) is 7.39. The SMILES string of the molecule is C[C@@H]1CCCC[C@@H]1OC(=O)Nc1ccc(Cc2ccc(NC(=O)O[C@H]3CCCC[C@@H]3C)cc2)cc1. The van der Waals surface area contributed by atoms with Gasteiger partial charge in [-0.2, -0.15) is 0 Å². The van der Waals surface area contributed by atoms with E-state index >= 15 is 0 Å². The van der Waals surface area contributed by atoms with Crippen LogP contribution in [0.3, 0.4) is 0 Å². The molecule has 0 aromatic heterocycles. The van der Waals surface area contributed by atoms with Gasteiger partial charge in [-0.05, 0) is 92.2 Å². The van der Waals surface area contributed by atoms with Gasteiger partial charge in [-0.1, -0.05) is 51.0 Å². The first-order valence-corrected chi connectivity index (χ1v) is 13.1. The molecule has 4 rings (SSSR count). The zero-order valence-electron chi connectivity index (χ0n) is 20.9. The summed E-state index contributed by atoms with van der Waals surface area (Å²) in [5, 5.41) is 5.69. The zero-order chi connectivity index (χ0) is 24.6. The number of benzene rings is 2. The fourth-order valence-corrected chi connectivity index (χ4v) is 5.13. The van der Waals surface area contributed by atoms with Crippen molar-refractivity contribution in [1.82, 2.24) is 0 Å². The van der Waals surface area contributed by atoms with Crippen LogP contribution in [0.1, 0.15) is 76.3 Å². The minimum absolute atomic E-state index is 0.0122. The fourth-order valence-electron chi connectivity index (χ4n) is 5.13. The lowest BCUT2D eigenvalue weighted by Gasteiger charge is -2.28. The van der Waals surface area contributed by atoms with Gasteiger partial charge in [0, 0.05) is 11.4 Å². The van der Waals surface area contributed by atoms with Gasteiger partial charge >= 0.3 is 12.2 Å². The van der Waals surface area contributed by atoms with Crippen LogP contribution in [0.15, 0.2) is 48.5 Å². The van der Waals surface area contributed by atoms with E-state index in [0.29, 0.717) is 11.8 Å². The van der Waals surface area contributed by atoms with Crippen LogP contribution in [-0.2, 0) is 15.9 Å². The highest BCUT2D eigenvalue weighted by atomic mass is 16.6. The van der Waals surface area contributed by atoms with Gasteiger partial charge in [0.15, 0.2) is 0 Å². The number of hydrogen-bond donors (Lipinski definition) is 2. The van der Waals surface area contributed by atoms with Crippen molar-refractivity contribution in [3.63, 3.8) is 0 Å². The third kappa shape index (κ3) is 7.48. The summed E-state index contributed by atoms with van der Waals surface area (Å²) in [5.41, 5.74) is 3.73. The first-order chi connectivity index (χ1) is 17.0. The average molecular weight is 479 g/mol. The Kier molecular flexibility index (Phi) is 8.67. The molecule has 0 unspecified atom stereocenters. The molecule has 188 valence electrons. The maximum Gasteiger partial charge on any atom is 0.411 e. The van der Waals surface area contributed by atoms with Crippen LogP contribution in [0, 0.1) is 11.8 Å². The molecule has 0 spiro atoms. The quantitative estimate of drug-likeness (QED) is 0.450. The number of rotatable bonds is 6. The van der Waals surface area contributed by atoms with Crippen molar-refractivity contribution in [3.8, 4) is 0 Å². The van der Waals surface area contributed by atoms with Crippen LogP contribution >= 0.6 is 0 Å². The second-order valence-electron chi connectivity index (χ2n) is 10.2. The molecule has 2 amide bonds. The van der Waals surface area contributed by atoms with Crippen molar-refractivity contribution in [1.29, 1.82) is 0 Å². The van der Waals surface area contributed by atoms with Crippen molar-refractivity contribution in [2.24, 2.45) is 11.8 Å². The van der Waals surface area contributed by atoms with Crippen LogP contribution < -0.4 is 10.6 Å². The van der Waals surface area contributed by atoms with E-state index in [-0.39, 0.29) is 24.4 Å². The van der Waals surface area contributed by atoms with Gasteiger partial charge < -0.3 is 9.47 Å². The fraction of sp³-hybridized carbons (Fsp3) is 0.517. The summed E-state index contributed by atoms with van der Waals surface area (Å²) in [6, 6.07) is 15.6. The molecular weight excluding hydrogens is 440 g/mol. The molecule has 0 heterocycles. The van der Waals surface area contributed by atoms with E-state index in [9.17, 15) is 9.59 Å². The molecule has 35 heavy (non-hydrogen) atoms. The van der Waals surface area contributed by atoms with Gasteiger partial charge in [0.2, 0.25) is 0 Å². The number of amides is 2. The number of carbonyl (C=O) groups excluding carboxylic acids is 2. The molecule has 0 bridgehead atoms. The highest BCUT2D eigenvalue weighted by Gasteiger charge is 2.25. The van der Waals surface area contributed by atoms with Crippen LogP contribution in [0.25, 0.3) is 0 Å². The van der Waals surface area contributed by atoms with Crippen molar-refractivity contribution < 1.29 is 19.1 Å². The van der Waals surface area contributed by atoms with E-state index in [2.05, 4.69) is 24.5 Å². The Morgan fingerprint density at radius 2 is 1.03 bits per heavy atom. The molecule has 2 aromatic carbocycles. The molecule has 2 aliphatic carbocycles. The number of ether oxygens (including phenoxy) is 2. The summed E-state index contributed by atoms with van der Waals surface area (Å²) in [6.45, 7) is 4.30. The summed E-state index contributed by atoms with van der Waals surface area (Å²) in [7, 11) is 0. The molecule has 6 heteroatoms. The summed E-state index contributed by atoms with van der Waals surface area (Å²) in [5.74, 6) is 0.842. The van der Waals surface area contributed by atoms with E-state index in [1.54, 1.807) is 0 Å². The molecule has 2 aromatic rings. The largest absolute Gasteiger partial charge is 0.446 e. The molecule has 0 radical (unpaired) electrons. The number of anilines is 2. The van der Waals surface area contributed by atoms with Crippen LogP contribution in [0.2, 0.25) is 0 Å². The second kappa shape index (κ2) is 12.1. The molecule has 2 saturated carbocycles. The minimum Gasteiger partial charge on any atom is -0.446 e. The van der Waals surface area contributed by atoms with Gasteiger partial charge in [0.25, 0.3) is 0 Å². The normalized spacial score (nSPS) is 24.3. The first kappa shape index (κ1) is 25.1. The third-order valence-corrected chi connectivity index (χ3v) is 7.39. The lowest BCUT2D eigenvalue weighted by atomic mass is 9.88. The molecule has 2 aliphatic rings. The van der Waals surface area contributed by atoms with E-state index in [0.717, 1.165) is 67.4 Å². The van der Waals surface area contributed by atoms with Crippen molar-refractivity contribution in [3.05, 3.63) is 59.7 Å². The Morgan fingerprint density at radius 3 is 1.40 bits per heavy atom. The summed E-state index contributed by atoms with van der Waals surface area (Å²) in [6.07, 6.45) is 8.84. The standard InChI is InChI=1S/C29H38N2O4/c1-20-7-3-5-9-26(20)34-28(32)30-24-15-11-22(12-16-24)19-23-13-17-25(18-14-23)31-29(33)35-27-10-6-4-8-21(27)2/h11-18,20-21,26-27H,3-10,19H2,1-2H3,(H,30,32)(H,31,33)/t20-,21+,26-,27-/m0/s1. The van der Waals surface area contributed by atoms with Gasteiger partial charge in [-0.3, -0.25) is 10.6 Å². The van der Waals surface area contributed by atoms with Crippen LogP contribution in [-0.4, -0.2) is 24.4 Å². The molecule has 2 N–H and O–H groups in total. The lowest BCUT2D eigenvalue weighted by molar-refractivity contribution is 0.0520. The summed E-state index contributed by atoms with van der Waals surface area (Å²) in [4.78, 5) is 24.5. The van der Waals surface area contributed by atoms with E-state index in [1.807, 2.05) is 48.5 Å². The minimum atomic E-state index is -0.379. The van der Waals surface area contributed by atoms with Gasteiger partial charge in [-0.15, -0.1) is 0 Å². The second-order valence-corrected chi connectivity index (χ2v) is 10.2. The molecule has 0 aliphatic heterocycles. The van der Waals surface area contributed by atoms with Gasteiger partial charge in [0.05, 0.1) is 0 Å². The number of carbonyl (C=O) groups is 2. The summed E-state index contributed by atoms with van der Waals surface area (Å²) < 4.78 is 11.3. The number of hydrogen-bond acceptors (Lipinski definition) is 4. The number of nitrogens with one attached hydrogen (secondary N) is 2. The van der Waals surface area contributed by atoms with Crippen molar-refractivity contribution in [2.45, 2.75) is 83.8 Å². The summed E-state index contributed by atoms with van der Waals surface area (Å²) >= 11 is 0. The Balaban J connectivity index is 1.23. The van der Waals surface area contributed by atoms with Crippen molar-refractivity contribution >= 4 is 23.6 Å². The Hall–Kier alpha value is -3.02. The predicted octanol–water partition coefficient (Wildman–Crippen LogP) is 7.53. The smallest absolute Gasteiger partial charge is 0.411 e. The van der Waals surface area contributed by atoms with E-state index in [4.69, 9.17) is 9.47 Å². The first-order valence-electron chi connectivity index (χ1n) is 13.1. The lowest BCUT2D eigenvalue weighted by Crippen LogP contribution is -2.30. The average Bonchev–Trinajstić information content (AvgIpc) is 2.84. The highest BCUT2D eigenvalue weighted by molar-refractivity contribution is 5.85. The van der Waals surface area contributed by atoms with E-state index < -0.39 is 0 Å². The topological polar surface area (TPSA) is 76.7 Å². The van der Waals surface area contributed by atoms with Crippen LogP contribution in [0.5, 0.6) is 0 Å². The Labute approximate surface area is 208 Å². The van der Waals surface area contributed by atoms with Crippen LogP contribution in [0.4, 0.5) is 21.0 Å². The van der Waals surface area contributed by atoms with Gasteiger partial charge in [0.1, 0.15) is 12.2 Å². The zero-order valence-corrected chi connectivity index (χ0v) is 20.9. The Morgan fingerprint density at radius 1 is 0.657 bits per heavy atom. The van der Waals surface area contributed by atoms with E-state index in [1.165, 1.54) is 12.8 Å². The molecular formula is C29H38N2O4. The monoisotopic (exact) mass is 478 g/mol. The van der Waals surface area contributed by atoms with Crippen molar-refractivity contribution in [2.75, 3.05) is 10.6 Å². The maximum absolute atomic E-state index is 12.3. The predicted molar refractivity (Wildman–Crippen MR) is 139 cm³/mol. The molecule has 6 nitrogen and oxygen atoms in total. The molecule has 2 fully saturated rings. The Bertz CT molecular complexity index is 894. The maximum atomic E-state index is 12.3. The molecule has 4 atom stereocenters. The molecule has 0 saturated heterocycles. The van der Waals surface area contributed by atoms with Gasteiger partial charge in [-0.25, -0.2) is 9.59 Å².